The van der Waals surface area contributed by atoms with Crippen molar-refractivity contribution in [1.82, 2.24) is 10.3 Å². The third-order valence-corrected chi connectivity index (χ3v) is 4.51. The normalized spacial score (nSPS) is 21.5. The zero-order valence-electron chi connectivity index (χ0n) is 12.5. The molecule has 8 heteroatoms. The van der Waals surface area contributed by atoms with Gasteiger partial charge >= 0.3 is 0 Å². The third-order valence-electron chi connectivity index (χ3n) is 3.51. The SMILES string of the molecule is Cc1ncsc1CCC(=O)N[C@@H]1CCOC[C@H]1OCC(N)=O. The van der Waals surface area contributed by atoms with E-state index in [0.717, 1.165) is 10.6 Å². The van der Waals surface area contributed by atoms with Gasteiger partial charge in [0.1, 0.15) is 12.7 Å². The first-order valence-electron chi connectivity index (χ1n) is 7.22. The summed E-state index contributed by atoms with van der Waals surface area (Å²) in [7, 11) is 0. The molecule has 0 unspecified atom stereocenters. The highest BCUT2D eigenvalue weighted by molar-refractivity contribution is 7.09. The second-order valence-corrected chi connectivity index (χ2v) is 6.15. The first kappa shape index (κ1) is 16.9. The number of rotatable bonds is 7. The highest BCUT2D eigenvalue weighted by Crippen LogP contribution is 2.15. The van der Waals surface area contributed by atoms with Gasteiger partial charge in [-0.1, -0.05) is 0 Å². The number of aromatic nitrogens is 1. The van der Waals surface area contributed by atoms with E-state index in [4.69, 9.17) is 15.2 Å². The highest BCUT2D eigenvalue weighted by Gasteiger charge is 2.28. The van der Waals surface area contributed by atoms with Crippen molar-refractivity contribution in [3.05, 3.63) is 16.1 Å². The molecule has 122 valence electrons. The number of carbonyl (C=O) groups excluding carboxylic acids is 2. The largest absolute Gasteiger partial charge is 0.379 e. The van der Waals surface area contributed by atoms with Crippen molar-refractivity contribution >= 4 is 23.2 Å². The molecule has 2 amide bonds. The maximum Gasteiger partial charge on any atom is 0.243 e. The summed E-state index contributed by atoms with van der Waals surface area (Å²) in [6, 6.07) is -0.150. The average molecular weight is 327 g/mol. The molecule has 1 aromatic rings. The summed E-state index contributed by atoms with van der Waals surface area (Å²) >= 11 is 1.56. The Labute approximate surface area is 133 Å². The lowest BCUT2D eigenvalue weighted by Gasteiger charge is -2.31. The van der Waals surface area contributed by atoms with Crippen LogP contribution in [0, 0.1) is 6.92 Å². The fourth-order valence-electron chi connectivity index (χ4n) is 2.30. The Bertz CT molecular complexity index is 520. The summed E-state index contributed by atoms with van der Waals surface area (Å²) in [5.74, 6) is -0.566. The van der Waals surface area contributed by atoms with Crippen molar-refractivity contribution in [2.45, 2.75) is 38.3 Å². The number of nitrogens with two attached hydrogens (primary N) is 1. The van der Waals surface area contributed by atoms with E-state index in [0.29, 0.717) is 32.5 Å². The number of nitrogens with zero attached hydrogens (tertiary/aromatic N) is 1. The molecule has 2 heterocycles. The standard InChI is InChI=1S/C14H21N3O4S/c1-9-12(22-8-16-9)2-3-14(19)17-10-4-5-20-6-11(10)21-7-13(15)18/h8,10-11H,2-7H2,1H3,(H2,15,18)(H,17,19)/t10-,11-/m1/s1. The Hall–Kier alpha value is -1.51. The van der Waals surface area contributed by atoms with Crippen LogP contribution < -0.4 is 11.1 Å². The molecule has 0 spiro atoms. The maximum absolute atomic E-state index is 12.1. The van der Waals surface area contributed by atoms with Crippen LogP contribution in [0.15, 0.2) is 5.51 Å². The summed E-state index contributed by atoms with van der Waals surface area (Å²) in [5, 5.41) is 2.96. The van der Waals surface area contributed by atoms with Crippen LogP contribution in [-0.4, -0.2) is 48.8 Å². The number of primary amides is 1. The Morgan fingerprint density at radius 3 is 3.09 bits per heavy atom. The van der Waals surface area contributed by atoms with Crippen LogP contribution in [0.4, 0.5) is 0 Å². The fraction of sp³-hybridized carbons (Fsp3) is 0.643. The number of aryl methyl sites for hydroxylation is 2. The lowest BCUT2D eigenvalue weighted by atomic mass is 10.1. The van der Waals surface area contributed by atoms with E-state index in [1.54, 1.807) is 16.8 Å². The number of hydrogen-bond donors (Lipinski definition) is 2. The van der Waals surface area contributed by atoms with Crippen LogP contribution in [0.3, 0.4) is 0 Å². The predicted octanol–water partition coefficient (Wildman–Crippen LogP) is 0.160. The van der Waals surface area contributed by atoms with Crippen molar-refractivity contribution in [2.75, 3.05) is 19.8 Å². The topological polar surface area (TPSA) is 104 Å². The predicted molar refractivity (Wildman–Crippen MR) is 81.5 cm³/mol. The molecule has 0 bridgehead atoms. The van der Waals surface area contributed by atoms with E-state index in [1.165, 1.54) is 0 Å². The van der Waals surface area contributed by atoms with Gasteiger partial charge in [-0.3, -0.25) is 9.59 Å². The average Bonchev–Trinajstić information content (AvgIpc) is 2.89. The quantitative estimate of drug-likeness (QED) is 0.742. The molecule has 0 radical (unpaired) electrons. The molecule has 1 aliphatic rings. The minimum Gasteiger partial charge on any atom is -0.379 e. The Balaban J connectivity index is 1.80. The van der Waals surface area contributed by atoms with Crippen molar-refractivity contribution in [1.29, 1.82) is 0 Å². The second kappa shape index (κ2) is 8.21. The summed E-state index contributed by atoms with van der Waals surface area (Å²) in [6.07, 6.45) is 1.41. The van der Waals surface area contributed by atoms with Gasteiger partial charge in [-0.05, 0) is 19.8 Å². The van der Waals surface area contributed by atoms with Gasteiger partial charge in [0, 0.05) is 17.9 Å². The molecule has 1 aromatic heterocycles. The van der Waals surface area contributed by atoms with Gasteiger partial charge in [-0.2, -0.15) is 0 Å². The zero-order valence-corrected chi connectivity index (χ0v) is 13.4. The Kier molecular flexibility index (Phi) is 6.29. The number of ether oxygens (including phenoxy) is 2. The maximum atomic E-state index is 12.1. The minimum atomic E-state index is -0.531. The van der Waals surface area contributed by atoms with Crippen LogP contribution >= 0.6 is 11.3 Å². The smallest absolute Gasteiger partial charge is 0.243 e. The molecule has 7 nitrogen and oxygen atoms in total. The van der Waals surface area contributed by atoms with Crippen LogP contribution in [-0.2, 0) is 25.5 Å². The van der Waals surface area contributed by atoms with Crippen LogP contribution in [0.2, 0.25) is 0 Å². The molecule has 1 fully saturated rings. The molecule has 2 atom stereocenters. The second-order valence-electron chi connectivity index (χ2n) is 5.21. The molecule has 1 aliphatic heterocycles. The molecule has 22 heavy (non-hydrogen) atoms. The Morgan fingerprint density at radius 2 is 2.41 bits per heavy atom. The van der Waals surface area contributed by atoms with Gasteiger partial charge in [-0.25, -0.2) is 4.98 Å². The number of carbonyl (C=O) groups is 2. The number of thiazole rings is 1. The molecule has 2 rings (SSSR count). The molecule has 1 saturated heterocycles. The van der Waals surface area contributed by atoms with E-state index in [2.05, 4.69) is 10.3 Å². The molecule has 0 aromatic carbocycles. The number of amides is 2. The molecular formula is C14H21N3O4S. The number of nitrogens with one attached hydrogen (secondary N) is 1. The molecule has 3 N–H and O–H groups in total. The van der Waals surface area contributed by atoms with Gasteiger partial charge in [0.2, 0.25) is 11.8 Å². The lowest BCUT2D eigenvalue weighted by molar-refractivity contribution is -0.132. The van der Waals surface area contributed by atoms with E-state index in [9.17, 15) is 9.59 Å². The van der Waals surface area contributed by atoms with Gasteiger partial charge in [-0.15, -0.1) is 11.3 Å². The first-order chi connectivity index (χ1) is 10.6. The lowest BCUT2D eigenvalue weighted by Crippen LogP contribution is -2.50. The van der Waals surface area contributed by atoms with Crippen molar-refractivity contribution in [2.24, 2.45) is 5.73 Å². The third kappa shape index (κ3) is 5.04. The van der Waals surface area contributed by atoms with Crippen molar-refractivity contribution in [3.63, 3.8) is 0 Å². The van der Waals surface area contributed by atoms with Crippen molar-refractivity contribution < 1.29 is 19.1 Å². The van der Waals surface area contributed by atoms with Crippen LogP contribution in [0.5, 0.6) is 0 Å². The van der Waals surface area contributed by atoms with E-state index >= 15 is 0 Å². The van der Waals surface area contributed by atoms with Crippen molar-refractivity contribution in [3.8, 4) is 0 Å². The van der Waals surface area contributed by atoms with Crippen LogP contribution in [0.25, 0.3) is 0 Å². The molecule has 0 saturated carbocycles. The summed E-state index contributed by atoms with van der Waals surface area (Å²) < 4.78 is 10.7. The summed E-state index contributed by atoms with van der Waals surface area (Å²) in [4.78, 5) is 28.2. The van der Waals surface area contributed by atoms with Gasteiger partial charge < -0.3 is 20.5 Å². The van der Waals surface area contributed by atoms with Gasteiger partial charge in [0.25, 0.3) is 0 Å². The molecular weight excluding hydrogens is 306 g/mol. The Morgan fingerprint density at radius 1 is 1.59 bits per heavy atom. The van der Waals surface area contributed by atoms with E-state index in [1.807, 2.05) is 6.92 Å². The van der Waals surface area contributed by atoms with Gasteiger partial charge in [0.15, 0.2) is 0 Å². The van der Waals surface area contributed by atoms with Crippen LogP contribution in [0.1, 0.15) is 23.4 Å². The van der Waals surface area contributed by atoms with E-state index < -0.39 is 5.91 Å². The minimum absolute atomic E-state index is 0.0348. The summed E-state index contributed by atoms with van der Waals surface area (Å²) in [5.41, 5.74) is 7.84. The first-order valence-corrected chi connectivity index (χ1v) is 8.10. The summed E-state index contributed by atoms with van der Waals surface area (Å²) in [6.45, 7) is 2.69. The molecule has 0 aliphatic carbocycles. The van der Waals surface area contributed by atoms with Gasteiger partial charge in [0.05, 0.1) is 23.9 Å². The number of hydrogen-bond acceptors (Lipinski definition) is 6. The monoisotopic (exact) mass is 327 g/mol. The highest BCUT2D eigenvalue weighted by atomic mass is 32.1. The zero-order chi connectivity index (χ0) is 15.9. The van der Waals surface area contributed by atoms with E-state index in [-0.39, 0.29) is 24.7 Å². The fourth-order valence-corrected chi connectivity index (χ4v) is 3.08.